The van der Waals surface area contributed by atoms with Gasteiger partial charge in [-0.3, -0.25) is 9.59 Å². The summed E-state index contributed by atoms with van der Waals surface area (Å²) >= 11 is 0. The molecule has 7 nitrogen and oxygen atoms in total. The molecule has 1 aliphatic carbocycles. The number of hydrogen-bond acceptors (Lipinski definition) is 5. The third kappa shape index (κ3) is 4.82. The molecule has 1 aromatic rings. The molecule has 0 aromatic carbocycles. The maximum Gasteiger partial charge on any atom is 0.305 e. The van der Waals surface area contributed by atoms with Crippen molar-refractivity contribution in [2.45, 2.75) is 64.3 Å². The van der Waals surface area contributed by atoms with E-state index in [1.54, 1.807) is 4.90 Å². The summed E-state index contributed by atoms with van der Waals surface area (Å²) in [6.45, 7) is 4.03. The highest BCUT2D eigenvalue weighted by Gasteiger charge is 2.28. The Morgan fingerprint density at radius 3 is 2.68 bits per heavy atom. The zero-order valence-corrected chi connectivity index (χ0v) is 13.1. The highest BCUT2D eigenvalue weighted by Crippen LogP contribution is 2.38. The summed E-state index contributed by atoms with van der Waals surface area (Å²) in [4.78, 5) is 28.8. The van der Waals surface area contributed by atoms with Gasteiger partial charge in [-0.25, -0.2) is 0 Å². The van der Waals surface area contributed by atoms with Crippen LogP contribution in [0.2, 0.25) is 0 Å². The quantitative estimate of drug-likeness (QED) is 0.749. The van der Waals surface area contributed by atoms with Gasteiger partial charge in [0.05, 0.1) is 6.42 Å². The first-order valence-corrected chi connectivity index (χ1v) is 7.81. The molecule has 2 rings (SSSR count). The molecule has 1 heterocycles. The number of carboxylic acids is 1. The number of carbonyl (C=O) groups is 2. The van der Waals surface area contributed by atoms with Crippen LogP contribution >= 0.6 is 0 Å². The molecule has 1 fully saturated rings. The number of carbonyl (C=O) groups excluding carboxylic acids is 1. The zero-order valence-electron chi connectivity index (χ0n) is 13.1. The van der Waals surface area contributed by atoms with Gasteiger partial charge in [0.15, 0.2) is 5.82 Å². The molecule has 0 bridgehead atoms. The first-order valence-electron chi connectivity index (χ1n) is 7.81. The van der Waals surface area contributed by atoms with Crippen LogP contribution in [-0.2, 0) is 16.0 Å². The van der Waals surface area contributed by atoms with E-state index in [2.05, 4.69) is 10.1 Å². The number of rotatable bonds is 9. The summed E-state index contributed by atoms with van der Waals surface area (Å²) in [7, 11) is 0. The van der Waals surface area contributed by atoms with Crippen molar-refractivity contribution in [2.24, 2.45) is 0 Å². The fourth-order valence-corrected chi connectivity index (χ4v) is 2.30. The predicted molar refractivity (Wildman–Crippen MR) is 78.3 cm³/mol. The van der Waals surface area contributed by atoms with E-state index in [0.29, 0.717) is 31.1 Å². The summed E-state index contributed by atoms with van der Waals surface area (Å²) in [5, 5.41) is 12.7. The SMILES string of the molecule is CC(C)N(CCC(=O)O)C(=O)CCCc1nc(C2CC2)no1. The smallest absolute Gasteiger partial charge is 0.305 e. The summed E-state index contributed by atoms with van der Waals surface area (Å²) in [6.07, 6.45) is 3.80. The Bertz CT molecular complexity index is 523. The Labute approximate surface area is 129 Å². The first-order chi connectivity index (χ1) is 10.5. The summed E-state index contributed by atoms with van der Waals surface area (Å²) in [5.74, 6) is 0.907. The van der Waals surface area contributed by atoms with Crippen LogP contribution in [0.5, 0.6) is 0 Å². The second-order valence-electron chi connectivity index (χ2n) is 6.00. The normalized spacial score (nSPS) is 14.3. The third-order valence-electron chi connectivity index (χ3n) is 3.72. The van der Waals surface area contributed by atoms with E-state index in [9.17, 15) is 9.59 Å². The Hall–Kier alpha value is -1.92. The van der Waals surface area contributed by atoms with Crippen molar-refractivity contribution < 1.29 is 19.2 Å². The van der Waals surface area contributed by atoms with E-state index in [1.807, 2.05) is 13.8 Å². The topological polar surface area (TPSA) is 96.5 Å². The number of aromatic nitrogens is 2. The van der Waals surface area contributed by atoms with Crippen LogP contribution in [0.3, 0.4) is 0 Å². The predicted octanol–water partition coefficient (Wildman–Crippen LogP) is 1.98. The number of aliphatic carboxylic acids is 1. The van der Waals surface area contributed by atoms with Gasteiger partial charge < -0.3 is 14.5 Å². The lowest BCUT2D eigenvalue weighted by Gasteiger charge is -2.26. The lowest BCUT2D eigenvalue weighted by molar-refractivity contribution is -0.139. The standard InChI is InChI=1S/C15H23N3O4/c1-10(2)18(9-8-14(20)21)13(19)5-3-4-12-16-15(17-22-12)11-6-7-11/h10-11H,3-9H2,1-2H3,(H,20,21). The molecule has 0 radical (unpaired) electrons. The third-order valence-corrected chi connectivity index (χ3v) is 3.72. The average Bonchev–Trinajstić information content (AvgIpc) is 3.18. The lowest BCUT2D eigenvalue weighted by Crippen LogP contribution is -2.38. The van der Waals surface area contributed by atoms with Gasteiger partial charge in [0.1, 0.15) is 0 Å². The second-order valence-corrected chi connectivity index (χ2v) is 6.00. The molecule has 22 heavy (non-hydrogen) atoms. The van der Waals surface area contributed by atoms with Crippen molar-refractivity contribution in [1.29, 1.82) is 0 Å². The molecule has 1 aromatic heterocycles. The van der Waals surface area contributed by atoms with E-state index in [4.69, 9.17) is 9.63 Å². The van der Waals surface area contributed by atoms with Crippen molar-refractivity contribution in [2.75, 3.05) is 6.54 Å². The molecule has 1 saturated carbocycles. The van der Waals surface area contributed by atoms with E-state index in [1.165, 1.54) is 0 Å². The van der Waals surface area contributed by atoms with Crippen LogP contribution in [0.1, 0.15) is 63.6 Å². The molecule has 0 atom stereocenters. The zero-order chi connectivity index (χ0) is 16.1. The molecule has 1 aliphatic rings. The first kappa shape index (κ1) is 16.5. The Morgan fingerprint density at radius 1 is 1.36 bits per heavy atom. The van der Waals surface area contributed by atoms with Crippen molar-refractivity contribution >= 4 is 11.9 Å². The van der Waals surface area contributed by atoms with Gasteiger partial charge in [-0.15, -0.1) is 0 Å². The number of nitrogens with zero attached hydrogens (tertiary/aromatic N) is 3. The largest absolute Gasteiger partial charge is 0.481 e. The molecule has 1 N–H and O–H groups in total. The van der Waals surface area contributed by atoms with Crippen LogP contribution in [0.15, 0.2) is 4.52 Å². The molecule has 122 valence electrons. The molecule has 7 heteroatoms. The van der Waals surface area contributed by atoms with Crippen LogP contribution in [0.4, 0.5) is 0 Å². The van der Waals surface area contributed by atoms with Gasteiger partial charge in [-0.2, -0.15) is 4.98 Å². The van der Waals surface area contributed by atoms with Gasteiger partial charge in [0, 0.05) is 31.3 Å². The number of hydrogen-bond donors (Lipinski definition) is 1. The highest BCUT2D eigenvalue weighted by atomic mass is 16.5. The van der Waals surface area contributed by atoms with Crippen molar-refractivity contribution in [3.63, 3.8) is 0 Å². The number of amides is 1. The molecule has 0 unspecified atom stereocenters. The van der Waals surface area contributed by atoms with Crippen LogP contribution in [0, 0.1) is 0 Å². The van der Waals surface area contributed by atoms with E-state index >= 15 is 0 Å². The van der Waals surface area contributed by atoms with Gasteiger partial charge in [-0.1, -0.05) is 5.16 Å². The maximum atomic E-state index is 12.2. The minimum absolute atomic E-state index is 0.00303. The van der Waals surface area contributed by atoms with E-state index < -0.39 is 5.97 Å². The molecule has 0 spiro atoms. The molecule has 0 aliphatic heterocycles. The van der Waals surface area contributed by atoms with Gasteiger partial charge >= 0.3 is 5.97 Å². The Kier molecular flexibility index (Phi) is 5.51. The van der Waals surface area contributed by atoms with Crippen LogP contribution in [-0.4, -0.2) is 44.6 Å². The fourth-order valence-electron chi connectivity index (χ4n) is 2.30. The average molecular weight is 309 g/mol. The number of carboxylic acid groups (broad SMARTS) is 1. The fraction of sp³-hybridized carbons (Fsp3) is 0.733. The van der Waals surface area contributed by atoms with Crippen molar-refractivity contribution in [1.82, 2.24) is 15.0 Å². The summed E-state index contributed by atoms with van der Waals surface area (Å²) in [5.41, 5.74) is 0. The minimum atomic E-state index is -0.892. The van der Waals surface area contributed by atoms with Crippen LogP contribution < -0.4 is 0 Å². The van der Waals surface area contributed by atoms with Gasteiger partial charge in [-0.05, 0) is 33.1 Å². The molecular formula is C15H23N3O4. The van der Waals surface area contributed by atoms with E-state index in [-0.39, 0.29) is 24.9 Å². The monoisotopic (exact) mass is 309 g/mol. The Balaban J connectivity index is 1.75. The molecule has 1 amide bonds. The maximum absolute atomic E-state index is 12.2. The minimum Gasteiger partial charge on any atom is -0.481 e. The van der Waals surface area contributed by atoms with Crippen molar-refractivity contribution in [3.05, 3.63) is 11.7 Å². The molecule has 0 saturated heterocycles. The van der Waals surface area contributed by atoms with Gasteiger partial charge in [0.2, 0.25) is 11.8 Å². The van der Waals surface area contributed by atoms with Crippen molar-refractivity contribution in [3.8, 4) is 0 Å². The van der Waals surface area contributed by atoms with Crippen LogP contribution in [0.25, 0.3) is 0 Å². The number of aryl methyl sites for hydroxylation is 1. The highest BCUT2D eigenvalue weighted by molar-refractivity contribution is 5.77. The second kappa shape index (κ2) is 7.38. The van der Waals surface area contributed by atoms with Gasteiger partial charge in [0.25, 0.3) is 0 Å². The summed E-state index contributed by atoms with van der Waals surface area (Å²) in [6, 6.07) is -0.00303. The molecular weight excluding hydrogens is 286 g/mol. The lowest BCUT2D eigenvalue weighted by atomic mass is 10.2. The summed E-state index contributed by atoms with van der Waals surface area (Å²) < 4.78 is 5.17. The Morgan fingerprint density at radius 2 is 2.09 bits per heavy atom. The van der Waals surface area contributed by atoms with E-state index in [0.717, 1.165) is 18.7 Å².